The second kappa shape index (κ2) is 8.09. The topological polar surface area (TPSA) is 64.9 Å². The van der Waals surface area contributed by atoms with E-state index in [1.807, 2.05) is 25.3 Å². The standard InChI is InChI=1S/C17H23N3OS/c1-12-15(4-3-5-16(12)22-2)20-17(21)19-11-14-8-6-13(10-18)7-9-14/h3-5,13-14H,6-9,11H2,1-2H3,(H2,19,20,21). The molecule has 0 heterocycles. The summed E-state index contributed by atoms with van der Waals surface area (Å²) in [6.07, 6.45) is 6.00. The molecule has 2 amide bonds. The van der Waals surface area contributed by atoms with Gasteiger partial charge in [-0.05, 0) is 62.5 Å². The lowest BCUT2D eigenvalue weighted by Crippen LogP contribution is -2.34. The predicted octanol–water partition coefficient (Wildman–Crippen LogP) is 4.17. The maximum absolute atomic E-state index is 12.0. The molecule has 1 fully saturated rings. The summed E-state index contributed by atoms with van der Waals surface area (Å²) in [5, 5.41) is 14.8. The lowest BCUT2D eigenvalue weighted by molar-refractivity contribution is 0.245. The molecule has 0 unspecified atom stereocenters. The van der Waals surface area contributed by atoms with Crippen LogP contribution in [0.4, 0.5) is 10.5 Å². The Balaban J connectivity index is 1.80. The van der Waals surface area contributed by atoms with E-state index in [0.717, 1.165) is 36.9 Å². The number of thioether (sulfide) groups is 1. The Morgan fingerprint density at radius 3 is 2.73 bits per heavy atom. The molecule has 1 aromatic rings. The smallest absolute Gasteiger partial charge is 0.319 e. The maximum atomic E-state index is 12.0. The van der Waals surface area contributed by atoms with Crippen LogP contribution in [0, 0.1) is 30.1 Å². The number of rotatable bonds is 4. The summed E-state index contributed by atoms with van der Waals surface area (Å²) in [4.78, 5) is 13.2. The Morgan fingerprint density at radius 2 is 2.09 bits per heavy atom. The van der Waals surface area contributed by atoms with Gasteiger partial charge in [0.05, 0.1) is 6.07 Å². The van der Waals surface area contributed by atoms with Crippen molar-refractivity contribution in [2.75, 3.05) is 18.1 Å². The Morgan fingerprint density at radius 1 is 1.36 bits per heavy atom. The molecule has 0 aliphatic heterocycles. The van der Waals surface area contributed by atoms with Crippen molar-refractivity contribution in [2.45, 2.75) is 37.5 Å². The second-order valence-electron chi connectivity index (χ2n) is 5.81. The average Bonchev–Trinajstić information content (AvgIpc) is 2.55. The number of carbonyl (C=O) groups is 1. The zero-order valence-electron chi connectivity index (χ0n) is 13.2. The first-order valence-corrected chi connectivity index (χ1v) is 8.94. The van der Waals surface area contributed by atoms with Crippen LogP contribution in [0.15, 0.2) is 23.1 Å². The van der Waals surface area contributed by atoms with E-state index in [-0.39, 0.29) is 11.9 Å². The Hall–Kier alpha value is -1.67. The van der Waals surface area contributed by atoms with Gasteiger partial charge in [0, 0.05) is 23.0 Å². The summed E-state index contributed by atoms with van der Waals surface area (Å²) in [5.74, 6) is 0.705. The number of urea groups is 1. The molecule has 0 radical (unpaired) electrons. The Bertz CT molecular complexity index is 560. The van der Waals surface area contributed by atoms with E-state index in [1.54, 1.807) is 11.8 Å². The molecule has 118 valence electrons. The zero-order chi connectivity index (χ0) is 15.9. The highest BCUT2D eigenvalue weighted by Gasteiger charge is 2.21. The first-order chi connectivity index (χ1) is 10.6. The summed E-state index contributed by atoms with van der Waals surface area (Å²) >= 11 is 1.68. The van der Waals surface area contributed by atoms with Crippen LogP contribution < -0.4 is 10.6 Å². The molecule has 0 spiro atoms. The van der Waals surface area contributed by atoms with Gasteiger partial charge in [-0.2, -0.15) is 5.26 Å². The van der Waals surface area contributed by atoms with Gasteiger partial charge in [-0.15, -0.1) is 11.8 Å². The second-order valence-corrected chi connectivity index (χ2v) is 6.66. The number of amides is 2. The van der Waals surface area contributed by atoms with E-state index in [2.05, 4.69) is 22.8 Å². The number of carbonyl (C=O) groups excluding carboxylic acids is 1. The van der Waals surface area contributed by atoms with Crippen molar-refractivity contribution in [3.63, 3.8) is 0 Å². The summed E-state index contributed by atoms with van der Waals surface area (Å²) in [7, 11) is 0. The molecule has 0 atom stereocenters. The molecule has 0 aromatic heterocycles. The molecule has 2 N–H and O–H groups in total. The number of nitriles is 1. The third-order valence-corrected chi connectivity index (χ3v) is 5.21. The Kier molecular flexibility index (Phi) is 6.14. The number of hydrogen-bond donors (Lipinski definition) is 2. The normalized spacial score (nSPS) is 21.0. The summed E-state index contributed by atoms with van der Waals surface area (Å²) in [6.45, 7) is 2.70. The van der Waals surface area contributed by atoms with Crippen molar-refractivity contribution in [1.29, 1.82) is 5.26 Å². The minimum atomic E-state index is -0.149. The third-order valence-electron chi connectivity index (χ3n) is 4.33. The van der Waals surface area contributed by atoms with Crippen molar-refractivity contribution in [1.82, 2.24) is 5.32 Å². The Labute approximate surface area is 136 Å². The molecular formula is C17H23N3OS. The molecule has 1 aliphatic rings. The fourth-order valence-electron chi connectivity index (χ4n) is 2.87. The third kappa shape index (κ3) is 4.41. The highest BCUT2D eigenvalue weighted by molar-refractivity contribution is 7.98. The largest absolute Gasteiger partial charge is 0.338 e. The van der Waals surface area contributed by atoms with Gasteiger partial charge in [0.25, 0.3) is 0 Å². The van der Waals surface area contributed by atoms with E-state index in [9.17, 15) is 4.79 Å². The minimum Gasteiger partial charge on any atom is -0.338 e. The van der Waals surface area contributed by atoms with Gasteiger partial charge < -0.3 is 10.6 Å². The summed E-state index contributed by atoms with van der Waals surface area (Å²) < 4.78 is 0. The molecule has 22 heavy (non-hydrogen) atoms. The number of nitrogens with one attached hydrogen (secondary N) is 2. The monoisotopic (exact) mass is 317 g/mol. The molecule has 0 bridgehead atoms. The fraction of sp³-hybridized carbons (Fsp3) is 0.529. The molecular weight excluding hydrogens is 294 g/mol. The number of nitrogens with zero attached hydrogens (tertiary/aromatic N) is 1. The van der Waals surface area contributed by atoms with Crippen LogP contribution in [-0.4, -0.2) is 18.8 Å². The van der Waals surface area contributed by atoms with Crippen molar-refractivity contribution in [3.8, 4) is 6.07 Å². The van der Waals surface area contributed by atoms with Crippen LogP contribution in [0.1, 0.15) is 31.2 Å². The molecule has 1 aromatic carbocycles. The van der Waals surface area contributed by atoms with Crippen LogP contribution in [0.5, 0.6) is 0 Å². The van der Waals surface area contributed by atoms with Gasteiger partial charge in [-0.3, -0.25) is 0 Å². The molecule has 1 aliphatic carbocycles. The maximum Gasteiger partial charge on any atom is 0.319 e. The van der Waals surface area contributed by atoms with Crippen molar-refractivity contribution in [3.05, 3.63) is 23.8 Å². The van der Waals surface area contributed by atoms with Gasteiger partial charge in [0.15, 0.2) is 0 Å². The van der Waals surface area contributed by atoms with Crippen molar-refractivity contribution < 1.29 is 4.79 Å². The van der Waals surface area contributed by atoms with Crippen LogP contribution in [0.3, 0.4) is 0 Å². The van der Waals surface area contributed by atoms with Crippen LogP contribution >= 0.6 is 11.8 Å². The molecule has 4 nitrogen and oxygen atoms in total. The first-order valence-electron chi connectivity index (χ1n) is 7.72. The van der Waals surface area contributed by atoms with Crippen LogP contribution in [0.2, 0.25) is 0 Å². The summed E-state index contributed by atoms with van der Waals surface area (Å²) in [5.41, 5.74) is 1.96. The van der Waals surface area contributed by atoms with E-state index in [0.29, 0.717) is 12.5 Å². The van der Waals surface area contributed by atoms with E-state index < -0.39 is 0 Å². The quantitative estimate of drug-likeness (QED) is 0.819. The van der Waals surface area contributed by atoms with Gasteiger partial charge in [0.1, 0.15) is 0 Å². The highest BCUT2D eigenvalue weighted by atomic mass is 32.2. The van der Waals surface area contributed by atoms with E-state index in [1.165, 1.54) is 4.90 Å². The van der Waals surface area contributed by atoms with Crippen molar-refractivity contribution >= 4 is 23.5 Å². The van der Waals surface area contributed by atoms with Gasteiger partial charge in [-0.25, -0.2) is 4.79 Å². The number of benzene rings is 1. The lowest BCUT2D eigenvalue weighted by Gasteiger charge is -2.25. The highest BCUT2D eigenvalue weighted by Crippen LogP contribution is 2.28. The number of hydrogen-bond acceptors (Lipinski definition) is 3. The van der Waals surface area contributed by atoms with Crippen LogP contribution in [-0.2, 0) is 0 Å². The molecule has 0 saturated heterocycles. The predicted molar refractivity (Wildman–Crippen MR) is 91.0 cm³/mol. The lowest BCUT2D eigenvalue weighted by atomic mass is 9.83. The average molecular weight is 317 g/mol. The fourth-order valence-corrected chi connectivity index (χ4v) is 3.50. The summed E-state index contributed by atoms with van der Waals surface area (Å²) in [6, 6.07) is 8.12. The SMILES string of the molecule is CSc1cccc(NC(=O)NCC2CCC(C#N)CC2)c1C. The number of anilines is 1. The van der Waals surface area contributed by atoms with Gasteiger partial charge in [-0.1, -0.05) is 6.07 Å². The van der Waals surface area contributed by atoms with E-state index in [4.69, 9.17) is 5.26 Å². The molecule has 1 saturated carbocycles. The van der Waals surface area contributed by atoms with Crippen molar-refractivity contribution in [2.24, 2.45) is 11.8 Å². The van der Waals surface area contributed by atoms with Crippen LogP contribution in [0.25, 0.3) is 0 Å². The van der Waals surface area contributed by atoms with Gasteiger partial charge >= 0.3 is 6.03 Å². The minimum absolute atomic E-state index is 0.149. The molecule has 2 rings (SSSR count). The van der Waals surface area contributed by atoms with E-state index >= 15 is 0 Å². The van der Waals surface area contributed by atoms with Gasteiger partial charge in [0.2, 0.25) is 0 Å². The zero-order valence-corrected chi connectivity index (χ0v) is 14.0. The molecule has 5 heteroatoms. The first kappa shape index (κ1) is 16.7.